The highest BCUT2D eigenvalue weighted by Gasteiger charge is 2.13. The van der Waals surface area contributed by atoms with Gasteiger partial charge in [-0.25, -0.2) is 9.97 Å². The van der Waals surface area contributed by atoms with Gasteiger partial charge in [0, 0.05) is 20.0 Å². The number of nitrogens with zero attached hydrogens (tertiary/aromatic N) is 3. The molecule has 98 valence electrons. The SMILES string of the molecule is CN(Cc1ccc2c(c1)CCO2)c1ncc(Cl)cn1. The second-order valence-electron chi connectivity index (χ2n) is 4.60. The molecule has 0 radical (unpaired) electrons. The second-order valence-corrected chi connectivity index (χ2v) is 5.03. The van der Waals surface area contributed by atoms with Gasteiger partial charge >= 0.3 is 0 Å². The summed E-state index contributed by atoms with van der Waals surface area (Å²) in [7, 11) is 1.97. The van der Waals surface area contributed by atoms with Gasteiger partial charge in [-0.05, 0) is 17.2 Å². The van der Waals surface area contributed by atoms with E-state index >= 15 is 0 Å². The minimum absolute atomic E-state index is 0.548. The molecule has 0 aliphatic carbocycles. The Morgan fingerprint density at radius 3 is 2.89 bits per heavy atom. The van der Waals surface area contributed by atoms with E-state index in [0.717, 1.165) is 25.3 Å². The van der Waals surface area contributed by atoms with Gasteiger partial charge in [0.05, 0.1) is 24.0 Å². The van der Waals surface area contributed by atoms with Crippen LogP contribution < -0.4 is 9.64 Å². The third-order valence-corrected chi connectivity index (χ3v) is 3.32. The van der Waals surface area contributed by atoms with Crippen LogP contribution in [-0.4, -0.2) is 23.6 Å². The summed E-state index contributed by atoms with van der Waals surface area (Å²) in [5, 5.41) is 0.548. The minimum Gasteiger partial charge on any atom is -0.493 e. The fourth-order valence-corrected chi connectivity index (χ4v) is 2.28. The van der Waals surface area contributed by atoms with Crippen LogP contribution in [0.5, 0.6) is 5.75 Å². The fourth-order valence-electron chi connectivity index (χ4n) is 2.19. The van der Waals surface area contributed by atoms with Crippen LogP contribution in [0.2, 0.25) is 5.02 Å². The predicted molar refractivity (Wildman–Crippen MR) is 74.8 cm³/mol. The standard InChI is InChI=1S/C14H14ClN3O/c1-18(14-16-7-12(15)8-17-14)9-10-2-3-13-11(6-10)4-5-19-13/h2-3,6-8H,4-5,9H2,1H3. The molecule has 0 spiro atoms. The summed E-state index contributed by atoms with van der Waals surface area (Å²) < 4.78 is 5.50. The fraction of sp³-hybridized carbons (Fsp3) is 0.286. The topological polar surface area (TPSA) is 38.2 Å². The van der Waals surface area contributed by atoms with E-state index in [9.17, 15) is 0 Å². The Bertz CT molecular complexity index is 586. The largest absolute Gasteiger partial charge is 0.493 e. The van der Waals surface area contributed by atoms with E-state index in [2.05, 4.69) is 22.1 Å². The van der Waals surface area contributed by atoms with Crippen LogP contribution in [0.1, 0.15) is 11.1 Å². The molecule has 3 rings (SSSR count). The van der Waals surface area contributed by atoms with Gasteiger partial charge < -0.3 is 9.64 Å². The molecule has 1 aromatic heterocycles. The van der Waals surface area contributed by atoms with Crippen molar-refractivity contribution in [1.29, 1.82) is 0 Å². The van der Waals surface area contributed by atoms with Crippen LogP contribution in [0.3, 0.4) is 0 Å². The zero-order valence-electron chi connectivity index (χ0n) is 10.6. The highest BCUT2D eigenvalue weighted by molar-refractivity contribution is 6.30. The van der Waals surface area contributed by atoms with Crippen molar-refractivity contribution in [3.8, 4) is 5.75 Å². The highest BCUT2D eigenvalue weighted by atomic mass is 35.5. The van der Waals surface area contributed by atoms with Gasteiger partial charge in [0.1, 0.15) is 5.75 Å². The first kappa shape index (κ1) is 12.2. The Morgan fingerprint density at radius 2 is 2.11 bits per heavy atom. The lowest BCUT2D eigenvalue weighted by Crippen LogP contribution is -2.18. The molecule has 2 heterocycles. The highest BCUT2D eigenvalue weighted by Crippen LogP contribution is 2.26. The van der Waals surface area contributed by atoms with Crippen molar-refractivity contribution in [3.63, 3.8) is 0 Å². The van der Waals surface area contributed by atoms with Gasteiger partial charge in [0.15, 0.2) is 0 Å². The molecule has 0 bridgehead atoms. The van der Waals surface area contributed by atoms with E-state index < -0.39 is 0 Å². The Kier molecular flexibility index (Phi) is 3.25. The molecular weight excluding hydrogens is 262 g/mol. The van der Waals surface area contributed by atoms with E-state index in [1.807, 2.05) is 18.0 Å². The van der Waals surface area contributed by atoms with Gasteiger partial charge in [-0.2, -0.15) is 0 Å². The maximum absolute atomic E-state index is 5.78. The van der Waals surface area contributed by atoms with Crippen LogP contribution in [0, 0.1) is 0 Å². The summed E-state index contributed by atoms with van der Waals surface area (Å²) in [6.07, 6.45) is 4.21. The van der Waals surface area contributed by atoms with Gasteiger partial charge in [-0.1, -0.05) is 23.7 Å². The van der Waals surface area contributed by atoms with E-state index in [-0.39, 0.29) is 0 Å². The molecule has 0 atom stereocenters. The lowest BCUT2D eigenvalue weighted by atomic mass is 10.1. The monoisotopic (exact) mass is 275 g/mol. The molecule has 0 amide bonds. The van der Waals surface area contributed by atoms with Gasteiger partial charge in [-0.3, -0.25) is 0 Å². The molecule has 19 heavy (non-hydrogen) atoms. The lowest BCUT2D eigenvalue weighted by Gasteiger charge is -2.17. The maximum atomic E-state index is 5.78. The zero-order chi connectivity index (χ0) is 13.2. The average Bonchev–Trinajstić information content (AvgIpc) is 2.87. The predicted octanol–water partition coefficient (Wildman–Crippen LogP) is 2.70. The number of anilines is 1. The smallest absolute Gasteiger partial charge is 0.225 e. The summed E-state index contributed by atoms with van der Waals surface area (Å²) >= 11 is 5.78. The van der Waals surface area contributed by atoms with E-state index in [1.54, 1.807) is 12.4 Å². The van der Waals surface area contributed by atoms with Crippen molar-refractivity contribution in [2.24, 2.45) is 0 Å². The number of aromatic nitrogens is 2. The number of ether oxygens (including phenoxy) is 1. The van der Waals surface area contributed by atoms with E-state index in [0.29, 0.717) is 11.0 Å². The molecule has 0 unspecified atom stereocenters. The molecule has 0 fully saturated rings. The van der Waals surface area contributed by atoms with Crippen LogP contribution in [0.15, 0.2) is 30.6 Å². The van der Waals surface area contributed by atoms with Crippen molar-refractivity contribution in [3.05, 3.63) is 46.7 Å². The summed E-state index contributed by atoms with van der Waals surface area (Å²) in [5.41, 5.74) is 2.51. The van der Waals surface area contributed by atoms with Crippen molar-refractivity contribution < 1.29 is 4.74 Å². The van der Waals surface area contributed by atoms with Crippen molar-refractivity contribution in [1.82, 2.24) is 9.97 Å². The molecule has 1 aliphatic heterocycles. The summed E-state index contributed by atoms with van der Waals surface area (Å²) in [6.45, 7) is 1.55. The van der Waals surface area contributed by atoms with Crippen molar-refractivity contribution >= 4 is 17.5 Å². The van der Waals surface area contributed by atoms with Crippen LogP contribution >= 0.6 is 11.6 Å². The quantitative estimate of drug-likeness (QED) is 0.863. The Balaban J connectivity index is 1.75. The number of halogens is 1. The zero-order valence-corrected chi connectivity index (χ0v) is 11.4. The number of fused-ring (bicyclic) bond motifs is 1. The van der Waals surface area contributed by atoms with Crippen LogP contribution in [0.25, 0.3) is 0 Å². The average molecular weight is 276 g/mol. The van der Waals surface area contributed by atoms with Crippen molar-refractivity contribution in [2.75, 3.05) is 18.6 Å². The van der Waals surface area contributed by atoms with E-state index in [1.165, 1.54) is 11.1 Å². The first-order valence-corrected chi connectivity index (χ1v) is 6.53. The summed E-state index contributed by atoms with van der Waals surface area (Å²) in [6, 6.07) is 6.31. The Morgan fingerprint density at radius 1 is 1.32 bits per heavy atom. The van der Waals surface area contributed by atoms with Gasteiger partial charge in [0.25, 0.3) is 0 Å². The number of rotatable bonds is 3. The molecular formula is C14H14ClN3O. The molecule has 0 N–H and O–H groups in total. The molecule has 1 aromatic carbocycles. The summed E-state index contributed by atoms with van der Waals surface area (Å²) in [4.78, 5) is 10.4. The molecule has 0 saturated heterocycles. The Hall–Kier alpha value is -1.81. The van der Waals surface area contributed by atoms with Crippen LogP contribution in [-0.2, 0) is 13.0 Å². The number of benzene rings is 1. The molecule has 5 heteroatoms. The first-order valence-electron chi connectivity index (χ1n) is 6.15. The van der Waals surface area contributed by atoms with Gasteiger partial charge in [-0.15, -0.1) is 0 Å². The third kappa shape index (κ3) is 2.63. The van der Waals surface area contributed by atoms with Crippen molar-refractivity contribution in [2.45, 2.75) is 13.0 Å². The number of hydrogen-bond acceptors (Lipinski definition) is 4. The number of hydrogen-bond donors (Lipinski definition) is 0. The molecule has 1 aliphatic rings. The lowest BCUT2D eigenvalue weighted by molar-refractivity contribution is 0.357. The normalized spacial score (nSPS) is 12.9. The Labute approximate surface area is 117 Å². The second kappa shape index (κ2) is 5.05. The molecule has 4 nitrogen and oxygen atoms in total. The maximum Gasteiger partial charge on any atom is 0.225 e. The van der Waals surface area contributed by atoms with Gasteiger partial charge in [0.2, 0.25) is 5.95 Å². The summed E-state index contributed by atoms with van der Waals surface area (Å²) in [5.74, 6) is 1.68. The third-order valence-electron chi connectivity index (χ3n) is 3.12. The van der Waals surface area contributed by atoms with E-state index in [4.69, 9.17) is 16.3 Å². The molecule has 0 saturated carbocycles. The minimum atomic E-state index is 0.548. The molecule has 2 aromatic rings. The van der Waals surface area contributed by atoms with Crippen LogP contribution in [0.4, 0.5) is 5.95 Å². The first-order chi connectivity index (χ1) is 9.22.